The molecule has 4 nitrogen and oxygen atoms in total. The van der Waals surface area contributed by atoms with Gasteiger partial charge in [0.15, 0.2) is 0 Å². The summed E-state index contributed by atoms with van der Waals surface area (Å²) in [6.07, 6.45) is 2.76. The Morgan fingerprint density at radius 2 is 2.16 bits per heavy atom. The predicted octanol–water partition coefficient (Wildman–Crippen LogP) is 1.68. The summed E-state index contributed by atoms with van der Waals surface area (Å²) in [5.74, 6) is -0.561. The van der Waals surface area contributed by atoms with Gasteiger partial charge in [-0.1, -0.05) is 20.8 Å². The Balaban J connectivity index is 2.33. The summed E-state index contributed by atoms with van der Waals surface area (Å²) in [5, 5.41) is 12.5. The van der Waals surface area contributed by atoms with Crippen molar-refractivity contribution in [3.05, 3.63) is 29.8 Å². The zero-order chi connectivity index (χ0) is 14.5. The maximum Gasteiger partial charge on any atom is 0.220 e. The third-order valence-electron chi connectivity index (χ3n) is 2.89. The summed E-state index contributed by atoms with van der Waals surface area (Å²) in [7, 11) is 0. The molecule has 2 N–H and O–H groups in total. The van der Waals surface area contributed by atoms with E-state index in [-0.39, 0.29) is 24.3 Å². The van der Waals surface area contributed by atoms with E-state index in [9.17, 15) is 14.3 Å². The lowest BCUT2D eigenvalue weighted by atomic mass is 9.89. The number of nitrogens with zero attached hydrogens (tertiary/aromatic N) is 1. The van der Waals surface area contributed by atoms with Crippen molar-refractivity contribution in [2.45, 2.75) is 39.7 Å². The third-order valence-corrected chi connectivity index (χ3v) is 2.89. The summed E-state index contributed by atoms with van der Waals surface area (Å²) < 4.78 is 12.9. The van der Waals surface area contributed by atoms with Crippen molar-refractivity contribution >= 4 is 5.91 Å². The zero-order valence-electron chi connectivity index (χ0n) is 11.6. The highest BCUT2D eigenvalue weighted by molar-refractivity contribution is 5.76. The number of aromatic nitrogens is 1. The van der Waals surface area contributed by atoms with Gasteiger partial charge in [-0.2, -0.15) is 0 Å². The van der Waals surface area contributed by atoms with Gasteiger partial charge in [-0.25, -0.2) is 4.39 Å². The number of aryl methyl sites for hydroxylation is 1. The molecule has 1 rings (SSSR count). The van der Waals surface area contributed by atoms with Crippen molar-refractivity contribution in [1.29, 1.82) is 0 Å². The van der Waals surface area contributed by atoms with Gasteiger partial charge in [0.2, 0.25) is 5.91 Å². The lowest BCUT2D eigenvalue weighted by Crippen LogP contribution is -2.39. The van der Waals surface area contributed by atoms with Gasteiger partial charge in [0.05, 0.1) is 12.3 Å². The van der Waals surface area contributed by atoms with Crippen LogP contribution in [0.2, 0.25) is 0 Å². The van der Waals surface area contributed by atoms with Crippen LogP contribution in [0.4, 0.5) is 4.39 Å². The highest BCUT2D eigenvalue weighted by Gasteiger charge is 2.22. The van der Waals surface area contributed by atoms with Gasteiger partial charge in [-0.15, -0.1) is 0 Å². The number of pyridine rings is 1. The molecule has 0 bridgehead atoms. The maximum absolute atomic E-state index is 12.9. The molecule has 0 aliphatic rings. The number of amides is 1. The molecule has 19 heavy (non-hydrogen) atoms. The SMILES string of the molecule is CC(C)(C)C(O)CNC(=O)CCc1cncc(F)c1. The molecule has 0 aliphatic carbocycles. The fourth-order valence-electron chi connectivity index (χ4n) is 1.46. The highest BCUT2D eigenvalue weighted by Crippen LogP contribution is 2.18. The second kappa shape index (κ2) is 6.61. The molecule has 106 valence electrons. The number of rotatable bonds is 5. The molecule has 0 radical (unpaired) electrons. The predicted molar refractivity (Wildman–Crippen MR) is 71.0 cm³/mol. The molecule has 0 saturated carbocycles. The first kappa shape index (κ1) is 15.6. The van der Waals surface area contributed by atoms with E-state index in [1.165, 1.54) is 6.07 Å². The minimum atomic E-state index is -0.590. The van der Waals surface area contributed by atoms with Crippen LogP contribution in [0.25, 0.3) is 0 Å². The van der Waals surface area contributed by atoms with E-state index in [1.807, 2.05) is 20.8 Å². The molecule has 1 heterocycles. The molecule has 0 saturated heterocycles. The summed E-state index contributed by atoms with van der Waals surface area (Å²) >= 11 is 0. The Morgan fingerprint density at radius 1 is 1.47 bits per heavy atom. The summed E-state index contributed by atoms with van der Waals surface area (Å²) in [6, 6.07) is 1.37. The molecule has 5 heteroatoms. The first-order valence-corrected chi connectivity index (χ1v) is 6.33. The third kappa shape index (κ3) is 5.79. The number of hydrogen-bond acceptors (Lipinski definition) is 3. The fraction of sp³-hybridized carbons (Fsp3) is 0.571. The van der Waals surface area contributed by atoms with E-state index < -0.39 is 11.9 Å². The van der Waals surface area contributed by atoms with E-state index >= 15 is 0 Å². The lowest BCUT2D eigenvalue weighted by molar-refractivity contribution is -0.121. The van der Waals surface area contributed by atoms with Gasteiger partial charge in [0.25, 0.3) is 0 Å². The second-order valence-electron chi connectivity index (χ2n) is 5.70. The van der Waals surface area contributed by atoms with Crippen LogP contribution in [-0.4, -0.2) is 28.6 Å². The number of nitrogens with one attached hydrogen (secondary N) is 1. The van der Waals surface area contributed by atoms with E-state index in [1.54, 1.807) is 6.20 Å². The van der Waals surface area contributed by atoms with Crippen LogP contribution in [-0.2, 0) is 11.2 Å². The monoisotopic (exact) mass is 268 g/mol. The summed E-state index contributed by atoms with van der Waals surface area (Å²) in [4.78, 5) is 15.3. The van der Waals surface area contributed by atoms with Crippen LogP contribution in [0.1, 0.15) is 32.8 Å². The smallest absolute Gasteiger partial charge is 0.220 e. The van der Waals surface area contributed by atoms with Gasteiger partial charge in [0.1, 0.15) is 5.82 Å². The van der Waals surface area contributed by atoms with Crippen molar-refractivity contribution in [1.82, 2.24) is 10.3 Å². The quantitative estimate of drug-likeness (QED) is 0.854. The molecule has 0 aliphatic heterocycles. The summed E-state index contributed by atoms with van der Waals surface area (Å²) in [6.45, 7) is 5.94. The van der Waals surface area contributed by atoms with E-state index in [0.717, 1.165) is 6.20 Å². The van der Waals surface area contributed by atoms with Crippen molar-refractivity contribution in [3.8, 4) is 0 Å². The van der Waals surface area contributed by atoms with Gasteiger partial charge >= 0.3 is 0 Å². The normalized spacial score (nSPS) is 13.1. The first-order chi connectivity index (χ1) is 8.79. The number of aliphatic hydroxyl groups excluding tert-OH is 1. The van der Waals surface area contributed by atoms with Crippen molar-refractivity contribution < 1.29 is 14.3 Å². The Morgan fingerprint density at radius 3 is 2.74 bits per heavy atom. The number of carbonyl (C=O) groups is 1. The minimum Gasteiger partial charge on any atom is -0.391 e. The molecule has 0 aromatic carbocycles. The van der Waals surface area contributed by atoms with Gasteiger partial charge in [-0.3, -0.25) is 9.78 Å². The van der Waals surface area contributed by atoms with Crippen LogP contribution < -0.4 is 5.32 Å². The average Bonchev–Trinajstić information content (AvgIpc) is 2.32. The van der Waals surface area contributed by atoms with Crippen molar-refractivity contribution in [3.63, 3.8) is 0 Å². The maximum atomic E-state index is 12.9. The number of hydrogen-bond donors (Lipinski definition) is 2. The average molecular weight is 268 g/mol. The highest BCUT2D eigenvalue weighted by atomic mass is 19.1. The molecule has 1 atom stereocenters. The van der Waals surface area contributed by atoms with Crippen LogP contribution in [0, 0.1) is 11.2 Å². The van der Waals surface area contributed by atoms with Crippen LogP contribution in [0.5, 0.6) is 0 Å². The number of carbonyl (C=O) groups excluding carboxylic acids is 1. The van der Waals surface area contributed by atoms with Gasteiger partial charge in [-0.05, 0) is 23.5 Å². The molecule has 1 amide bonds. The number of aliphatic hydroxyl groups is 1. The molecule has 0 fully saturated rings. The van der Waals surface area contributed by atoms with Gasteiger partial charge in [0, 0.05) is 19.2 Å². The van der Waals surface area contributed by atoms with E-state index in [4.69, 9.17) is 0 Å². The zero-order valence-corrected chi connectivity index (χ0v) is 11.6. The molecular formula is C14H21FN2O2. The first-order valence-electron chi connectivity index (χ1n) is 6.33. The van der Waals surface area contributed by atoms with E-state index in [2.05, 4.69) is 10.3 Å². The Kier molecular flexibility index (Phi) is 5.42. The second-order valence-corrected chi connectivity index (χ2v) is 5.70. The minimum absolute atomic E-state index is 0.160. The Hall–Kier alpha value is -1.49. The Bertz CT molecular complexity index is 430. The molecular weight excluding hydrogens is 247 g/mol. The van der Waals surface area contributed by atoms with Crippen molar-refractivity contribution in [2.24, 2.45) is 5.41 Å². The molecule has 1 aromatic rings. The number of halogens is 1. The topological polar surface area (TPSA) is 62.2 Å². The largest absolute Gasteiger partial charge is 0.391 e. The van der Waals surface area contributed by atoms with Crippen LogP contribution in [0.3, 0.4) is 0 Å². The fourth-order valence-corrected chi connectivity index (χ4v) is 1.46. The summed E-state index contributed by atoms with van der Waals surface area (Å²) in [5.41, 5.74) is 0.422. The van der Waals surface area contributed by atoms with E-state index in [0.29, 0.717) is 12.0 Å². The molecule has 0 spiro atoms. The van der Waals surface area contributed by atoms with Crippen molar-refractivity contribution in [2.75, 3.05) is 6.54 Å². The van der Waals surface area contributed by atoms with Crippen LogP contribution in [0.15, 0.2) is 18.5 Å². The van der Waals surface area contributed by atoms with Crippen LogP contribution >= 0.6 is 0 Å². The molecule has 1 aromatic heterocycles. The lowest BCUT2D eigenvalue weighted by Gasteiger charge is -2.25. The molecule has 1 unspecified atom stereocenters. The standard InChI is InChI=1S/C14H21FN2O2/c1-14(2,3)12(18)9-17-13(19)5-4-10-6-11(15)8-16-7-10/h6-8,12,18H,4-5,9H2,1-3H3,(H,17,19). The Labute approximate surface area is 113 Å². The van der Waals surface area contributed by atoms with Gasteiger partial charge < -0.3 is 10.4 Å².